The van der Waals surface area contributed by atoms with Crippen LogP contribution in [0.2, 0.25) is 0 Å². The number of carbonyl (C=O) groups excluding carboxylic acids is 1. The van der Waals surface area contributed by atoms with E-state index in [1.165, 1.54) is 0 Å². The van der Waals surface area contributed by atoms with Crippen molar-refractivity contribution in [2.24, 2.45) is 17.6 Å². The Morgan fingerprint density at radius 1 is 1.53 bits per heavy atom. The fourth-order valence-corrected chi connectivity index (χ4v) is 2.56. The number of nitrogens with one attached hydrogen (secondary N) is 1. The number of hydrogen-bond acceptors (Lipinski definition) is 3. The van der Waals surface area contributed by atoms with Gasteiger partial charge in [0.2, 0.25) is 5.91 Å². The second-order valence-electron chi connectivity index (χ2n) is 5.04. The van der Waals surface area contributed by atoms with Gasteiger partial charge >= 0.3 is 0 Å². The molecule has 1 heterocycles. The van der Waals surface area contributed by atoms with Crippen LogP contribution in [-0.2, 0) is 9.53 Å². The number of thiocarbonyl (C=S) groups is 1. The van der Waals surface area contributed by atoms with Crippen LogP contribution < -0.4 is 11.1 Å². The normalized spacial score (nSPS) is 26.6. The van der Waals surface area contributed by atoms with Crippen molar-refractivity contribution in [3.63, 3.8) is 0 Å². The zero-order valence-electron chi connectivity index (χ0n) is 10.7. The summed E-state index contributed by atoms with van der Waals surface area (Å²) in [5.41, 5.74) is 5.62. The van der Waals surface area contributed by atoms with Crippen LogP contribution in [0.1, 0.15) is 33.6 Å². The molecule has 0 spiro atoms. The summed E-state index contributed by atoms with van der Waals surface area (Å²) in [7, 11) is 0. The SMILES string of the molecule is CC1CC(NC(=O)C(C(N)=S)C(C)C)CCO1. The zero-order chi connectivity index (χ0) is 13.0. The molecule has 1 saturated heterocycles. The second-order valence-corrected chi connectivity index (χ2v) is 5.51. The van der Waals surface area contributed by atoms with E-state index in [1.807, 2.05) is 20.8 Å². The highest BCUT2D eigenvalue weighted by Crippen LogP contribution is 2.16. The molecule has 1 amide bonds. The Balaban J connectivity index is 2.54. The van der Waals surface area contributed by atoms with Gasteiger partial charge in [-0.05, 0) is 25.7 Å². The highest BCUT2D eigenvalue weighted by molar-refractivity contribution is 7.80. The third-order valence-corrected chi connectivity index (χ3v) is 3.34. The Kier molecular flexibility index (Phi) is 5.33. The van der Waals surface area contributed by atoms with E-state index in [0.717, 1.165) is 12.8 Å². The van der Waals surface area contributed by atoms with E-state index >= 15 is 0 Å². The molecule has 5 heteroatoms. The van der Waals surface area contributed by atoms with Crippen LogP contribution in [0.15, 0.2) is 0 Å². The van der Waals surface area contributed by atoms with Crippen molar-refractivity contribution >= 4 is 23.1 Å². The minimum Gasteiger partial charge on any atom is -0.393 e. The molecule has 0 radical (unpaired) electrons. The fourth-order valence-electron chi connectivity index (χ4n) is 2.18. The number of amides is 1. The van der Waals surface area contributed by atoms with Crippen LogP contribution in [0, 0.1) is 11.8 Å². The van der Waals surface area contributed by atoms with E-state index < -0.39 is 0 Å². The number of ether oxygens (including phenoxy) is 1. The number of hydrogen-bond donors (Lipinski definition) is 2. The Labute approximate surface area is 108 Å². The van der Waals surface area contributed by atoms with Gasteiger partial charge in [-0.15, -0.1) is 0 Å². The molecule has 1 aliphatic heterocycles. The lowest BCUT2D eigenvalue weighted by atomic mass is 9.94. The Morgan fingerprint density at radius 2 is 2.18 bits per heavy atom. The van der Waals surface area contributed by atoms with Gasteiger partial charge < -0.3 is 15.8 Å². The maximum absolute atomic E-state index is 12.1. The predicted molar refractivity (Wildman–Crippen MR) is 71.7 cm³/mol. The maximum Gasteiger partial charge on any atom is 0.230 e. The summed E-state index contributed by atoms with van der Waals surface area (Å²) in [6, 6.07) is 0.182. The number of carbonyl (C=O) groups is 1. The van der Waals surface area contributed by atoms with E-state index in [1.54, 1.807) is 0 Å². The van der Waals surface area contributed by atoms with E-state index in [2.05, 4.69) is 5.32 Å². The van der Waals surface area contributed by atoms with Crippen molar-refractivity contribution in [3.05, 3.63) is 0 Å². The van der Waals surface area contributed by atoms with Crippen molar-refractivity contribution in [2.75, 3.05) is 6.61 Å². The van der Waals surface area contributed by atoms with Gasteiger partial charge in [0.05, 0.1) is 17.0 Å². The Bertz CT molecular complexity index is 294. The molecule has 0 aromatic carbocycles. The molecule has 0 aliphatic carbocycles. The van der Waals surface area contributed by atoms with Crippen LogP contribution in [0.4, 0.5) is 0 Å². The van der Waals surface area contributed by atoms with Crippen LogP contribution in [0.5, 0.6) is 0 Å². The molecule has 4 nitrogen and oxygen atoms in total. The van der Waals surface area contributed by atoms with E-state index in [4.69, 9.17) is 22.7 Å². The summed E-state index contributed by atoms with van der Waals surface area (Å²) in [6.45, 7) is 6.63. The zero-order valence-corrected chi connectivity index (χ0v) is 11.5. The van der Waals surface area contributed by atoms with Crippen molar-refractivity contribution in [1.82, 2.24) is 5.32 Å². The first-order valence-electron chi connectivity index (χ1n) is 6.13. The fraction of sp³-hybridized carbons (Fsp3) is 0.833. The Hall–Kier alpha value is -0.680. The molecular formula is C12H22N2O2S. The predicted octanol–water partition coefficient (Wildman–Crippen LogP) is 1.23. The van der Waals surface area contributed by atoms with Gasteiger partial charge in [0.25, 0.3) is 0 Å². The molecule has 0 saturated carbocycles. The summed E-state index contributed by atoms with van der Waals surface area (Å²) < 4.78 is 5.44. The van der Waals surface area contributed by atoms with Gasteiger partial charge in [-0.25, -0.2) is 0 Å². The minimum atomic E-state index is -0.372. The summed E-state index contributed by atoms with van der Waals surface area (Å²) in [5, 5.41) is 3.03. The first kappa shape index (κ1) is 14.4. The van der Waals surface area contributed by atoms with Gasteiger partial charge in [0, 0.05) is 12.6 Å². The quantitative estimate of drug-likeness (QED) is 0.744. The highest BCUT2D eigenvalue weighted by Gasteiger charge is 2.28. The van der Waals surface area contributed by atoms with Crippen LogP contribution in [0.25, 0.3) is 0 Å². The molecule has 3 atom stereocenters. The molecule has 0 aromatic heterocycles. The summed E-state index contributed by atoms with van der Waals surface area (Å²) in [5.74, 6) is -0.292. The lowest BCUT2D eigenvalue weighted by molar-refractivity contribution is -0.125. The Morgan fingerprint density at radius 3 is 2.65 bits per heavy atom. The molecule has 98 valence electrons. The van der Waals surface area contributed by atoms with Crippen molar-refractivity contribution in [3.8, 4) is 0 Å². The smallest absolute Gasteiger partial charge is 0.230 e. The van der Waals surface area contributed by atoms with E-state index in [9.17, 15) is 4.79 Å². The van der Waals surface area contributed by atoms with Crippen LogP contribution in [0.3, 0.4) is 0 Å². The average molecular weight is 258 g/mol. The van der Waals surface area contributed by atoms with Gasteiger partial charge in [-0.3, -0.25) is 4.79 Å². The molecule has 1 aliphatic rings. The van der Waals surface area contributed by atoms with Crippen LogP contribution in [-0.4, -0.2) is 29.6 Å². The summed E-state index contributed by atoms with van der Waals surface area (Å²) >= 11 is 4.95. The summed E-state index contributed by atoms with van der Waals surface area (Å²) in [4.78, 5) is 12.4. The molecule has 1 fully saturated rings. The largest absolute Gasteiger partial charge is 0.393 e. The molecule has 3 unspecified atom stereocenters. The maximum atomic E-state index is 12.1. The van der Waals surface area contributed by atoms with Crippen molar-refractivity contribution < 1.29 is 9.53 Å². The number of nitrogens with two attached hydrogens (primary N) is 1. The standard InChI is InChI=1S/C12H22N2O2S/c1-7(2)10(11(13)17)12(15)14-9-4-5-16-8(3)6-9/h7-10H,4-6H2,1-3H3,(H2,13,17)(H,14,15). The molecule has 3 N–H and O–H groups in total. The average Bonchev–Trinajstić information content (AvgIpc) is 2.15. The molecule has 17 heavy (non-hydrogen) atoms. The van der Waals surface area contributed by atoms with Crippen molar-refractivity contribution in [1.29, 1.82) is 0 Å². The lowest BCUT2D eigenvalue weighted by Crippen LogP contribution is -2.47. The van der Waals surface area contributed by atoms with Gasteiger partial charge in [0.1, 0.15) is 0 Å². The molecular weight excluding hydrogens is 236 g/mol. The molecule has 0 aromatic rings. The topological polar surface area (TPSA) is 64.4 Å². The minimum absolute atomic E-state index is 0.0494. The first-order valence-corrected chi connectivity index (χ1v) is 6.54. The van der Waals surface area contributed by atoms with Gasteiger partial charge in [-0.2, -0.15) is 0 Å². The monoisotopic (exact) mass is 258 g/mol. The summed E-state index contributed by atoms with van der Waals surface area (Å²) in [6.07, 6.45) is 1.92. The molecule has 1 rings (SSSR count). The van der Waals surface area contributed by atoms with Crippen LogP contribution >= 0.6 is 12.2 Å². The third-order valence-electron chi connectivity index (χ3n) is 3.09. The van der Waals surface area contributed by atoms with E-state index in [-0.39, 0.29) is 34.9 Å². The van der Waals surface area contributed by atoms with Crippen molar-refractivity contribution in [2.45, 2.75) is 45.8 Å². The number of rotatable bonds is 4. The lowest BCUT2D eigenvalue weighted by Gasteiger charge is -2.30. The second kappa shape index (κ2) is 6.31. The van der Waals surface area contributed by atoms with E-state index in [0.29, 0.717) is 6.61 Å². The van der Waals surface area contributed by atoms with Gasteiger partial charge in [0.15, 0.2) is 0 Å². The molecule has 0 bridgehead atoms. The first-order chi connectivity index (χ1) is 7.91. The highest BCUT2D eigenvalue weighted by atomic mass is 32.1. The third kappa shape index (κ3) is 4.24. The van der Waals surface area contributed by atoms with Gasteiger partial charge in [-0.1, -0.05) is 26.1 Å².